The molecule has 0 atom stereocenters. The Morgan fingerprint density at radius 2 is 2.00 bits per heavy atom. The lowest BCUT2D eigenvalue weighted by Gasteiger charge is -2.38. The molecule has 3 N–H and O–H groups in total. The molecular weight excluding hydrogens is 438 g/mol. The largest absolute Gasteiger partial charge is 0.388 e. The lowest BCUT2D eigenvalue weighted by atomic mass is 9.91. The first-order valence-electron chi connectivity index (χ1n) is 11.4. The normalized spacial score (nSPS) is 17.5. The average molecular weight is 466 g/mol. The monoisotopic (exact) mass is 465 g/mol. The summed E-state index contributed by atoms with van der Waals surface area (Å²) in [6.45, 7) is 1.10. The number of nitrogens with one attached hydrogen (secondary N) is 2. The third-order valence-electron chi connectivity index (χ3n) is 6.53. The van der Waals surface area contributed by atoms with Crippen molar-refractivity contribution in [3.05, 3.63) is 47.1 Å². The third kappa shape index (κ3) is 4.26. The second-order valence-electron chi connectivity index (χ2n) is 9.05. The molecule has 1 aliphatic heterocycles. The number of urea groups is 1. The summed E-state index contributed by atoms with van der Waals surface area (Å²) in [5, 5.41) is 21.0. The zero-order chi connectivity index (χ0) is 23.9. The number of rotatable bonds is 5. The molecule has 1 aromatic carbocycles. The number of anilines is 1. The van der Waals surface area contributed by atoms with Gasteiger partial charge in [0.2, 0.25) is 5.91 Å². The standard InChI is InChI=1S/C23H27N7O4/c1-24-22(33)27-16-3-2-4-17(11-16)30-19-18(12-26-30)21(32)29(14-25-19)13-23(34)7-9-28(10-8-23)20(31)15-5-6-15/h2-4,11-12,14-15,34H,5-10,13H2,1H3,(H2,24,27,33). The van der Waals surface area contributed by atoms with E-state index >= 15 is 0 Å². The van der Waals surface area contributed by atoms with Crippen LogP contribution in [0.15, 0.2) is 41.6 Å². The lowest BCUT2D eigenvalue weighted by Crippen LogP contribution is -2.50. The predicted octanol–water partition coefficient (Wildman–Crippen LogP) is 1.10. The molecule has 11 heteroatoms. The molecule has 0 radical (unpaired) electrons. The van der Waals surface area contributed by atoms with Crippen molar-refractivity contribution in [1.29, 1.82) is 0 Å². The number of piperidine rings is 1. The molecule has 11 nitrogen and oxygen atoms in total. The minimum Gasteiger partial charge on any atom is -0.388 e. The van der Waals surface area contributed by atoms with E-state index < -0.39 is 5.60 Å². The zero-order valence-electron chi connectivity index (χ0n) is 18.9. The van der Waals surface area contributed by atoms with Gasteiger partial charge < -0.3 is 20.6 Å². The summed E-state index contributed by atoms with van der Waals surface area (Å²) in [6.07, 6.45) is 5.64. The number of carbonyl (C=O) groups is 2. The lowest BCUT2D eigenvalue weighted by molar-refractivity contribution is -0.137. The van der Waals surface area contributed by atoms with E-state index in [4.69, 9.17) is 0 Å². The van der Waals surface area contributed by atoms with Crippen molar-refractivity contribution < 1.29 is 14.7 Å². The number of hydrogen-bond donors (Lipinski definition) is 3. The van der Waals surface area contributed by atoms with Gasteiger partial charge in [0.15, 0.2) is 5.65 Å². The van der Waals surface area contributed by atoms with Gasteiger partial charge in [0, 0.05) is 31.7 Å². The highest BCUT2D eigenvalue weighted by atomic mass is 16.3. The Bertz CT molecular complexity index is 1300. The van der Waals surface area contributed by atoms with E-state index in [0.717, 1.165) is 12.8 Å². The Labute approximate surface area is 195 Å². The van der Waals surface area contributed by atoms with Crippen molar-refractivity contribution in [3.8, 4) is 5.69 Å². The Hall–Kier alpha value is -3.73. The first-order valence-corrected chi connectivity index (χ1v) is 11.4. The molecule has 3 heterocycles. The number of amides is 3. The van der Waals surface area contributed by atoms with Crippen molar-refractivity contribution in [1.82, 2.24) is 29.5 Å². The fraction of sp³-hybridized carbons (Fsp3) is 0.435. The number of carbonyl (C=O) groups excluding carboxylic acids is 2. The minimum atomic E-state index is -1.07. The second kappa shape index (κ2) is 8.56. The van der Waals surface area contributed by atoms with Crippen LogP contribution in [0, 0.1) is 5.92 Å². The van der Waals surface area contributed by atoms with Crippen LogP contribution in [0.5, 0.6) is 0 Å². The smallest absolute Gasteiger partial charge is 0.318 e. The first-order chi connectivity index (χ1) is 16.4. The van der Waals surface area contributed by atoms with E-state index in [1.807, 2.05) is 4.90 Å². The molecule has 2 fully saturated rings. The van der Waals surface area contributed by atoms with E-state index in [1.54, 1.807) is 24.3 Å². The van der Waals surface area contributed by atoms with Gasteiger partial charge in [0.05, 0.1) is 24.0 Å². The number of hydrogen-bond acceptors (Lipinski definition) is 6. The van der Waals surface area contributed by atoms with Crippen LogP contribution in [0.2, 0.25) is 0 Å². The molecule has 178 valence electrons. The maximum Gasteiger partial charge on any atom is 0.318 e. The topological polar surface area (TPSA) is 134 Å². The maximum atomic E-state index is 13.1. The first kappa shape index (κ1) is 22.1. The summed E-state index contributed by atoms with van der Waals surface area (Å²) in [5.74, 6) is 0.349. The highest BCUT2D eigenvalue weighted by molar-refractivity contribution is 5.89. The van der Waals surface area contributed by atoms with Crippen LogP contribution < -0.4 is 16.2 Å². The van der Waals surface area contributed by atoms with Crippen molar-refractivity contribution in [2.45, 2.75) is 37.8 Å². The Kier molecular flexibility index (Phi) is 5.56. The molecule has 3 amide bonds. The van der Waals surface area contributed by atoms with Crippen LogP contribution in [0.4, 0.5) is 10.5 Å². The fourth-order valence-corrected chi connectivity index (χ4v) is 4.37. The number of nitrogens with zero attached hydrogens (tertiary/aromatic N) is 5. The summed E-state index contributed by atoms with van der Waals surface area (Å²) in [6, 6.07) is 6.70. The van der Waals surface area contributed by atoms with E-state index in [9.17, 15) is 19.5 Å². The predicted molar refractivity (Wildman–Crippen MR) is 125 cm³/mol. The number of benzene rings is 1. The minimum absolute atomic E-state index is 0.108. The highest BCUT2D eigenvalue weighted by Crippen LogP contribution is 2.33. The molecule has 1 aliphatic carbocycles. The molecule has 0 bridgehead atoms. The summed E-state index contributed by atoms with van der Waals surface area (Å²) < 4.78 is 2.95. The van der Waals surface area contributed by atoms with Gasteiger partial charge in [-0.2, -0.15) is 5.10 Å². The third-order valence-corrected chi connectivity index (χ3v) is 6.53. The van der Waals surface area contributed by atoms with Gasteiger partial charge in [-0.25, -0.2) is 14.5 Å². The summed E-state index contributed by atoms with van der Waals surface area (Å²) in [4.78, 5) is 43.3. The Morgan fingerprint density at radius 3 is 2.71 bits per heavy atom. The molecule has 34 heavy (non-hydrogen) atoms. The van der Waals surface area contributed by atoms with Gasteiger partial charge >= 0.3 is 6.03 Å². The van der Waals surface area contributed by atoms with Crippen molar-refractivity contribution in [2.24, 2.45) is 5.92 Å². The molecule has 1 saturated heterocycles. The number of fused-ring (bicyclic) bond motifs is 1. The van der Waals surface area contributed by atoms with E-state index in [2.05, 4.69) is 20.7 Å². The van der Waals surface area contributed by atoms with Gasteiger partial charge in [0.1, 0.15) is 11.7 Å². The highest BCUT2D eigenvalue weighted by Gasteiger charge is 2.39. The number of aromatic nitrogens is 4. The summed E-state index contributed by atoms with van der Waals surface area (Å²) in [7, 11) is 1.53. The van der Waals surface area contributed by atoms with Gasteiger partial charge in [-0.1, -0.05) is 6.07 Å². The van der Waals surface area contributed by atoms with E-state index in [0.29, 0.717) is 48.3 Å². The summed E-state index contributed by atoms with van der Waals surface area (Å²) in [5.41, 5.74) is 0.230. The van der Waals surface area contributed by atoms with E-state index in [1.165, 1.54) is 28.8 Å². The van der Waals surface area contributed by atoms with Gasteiger partial charge in [-0.05, 0) is 43.9 Å². The molecule has 0 spiro atoms. The van der Waals surface area contributed by atoms with Crippen LogP contribution in [0.1, 0.15) is 25.7 Å². The van der Waals surface area contributed by atoms with Gasteiger partial charge in [-0.15, -0.1) is 0 Å². The number of aliphatic hydroxyl groups is 1. The van der Waals surface area contributed by atoms with Crippen LogP contribution in [-0.2, 0) is 11.3 Å². The molecular formula is C23H27N7O4. The Balaban J connectivity index is 1.35. The van der Waals surface area contributed by atoms with Crippen molar-refractivity contribution in [2.75, 3.05) is 25.5 Å². The fourth-order valence-electron chi connectivity index (χ4n) is 4.37. The average Bonchev–Trinajstić information content (AvgIpc) is 3.60. The molecule has 3 aromatic rings. The van der Waals surface area contributed by atoms with Crippen molar-refractivity contribution >= 4 is 28.7 Å². The van der Waals surface area contributed by atoms with Gasteiger partial charge in [0.25, 0.3) is 5.56 Å². The molecule has 2 aromatic heterocycles. The van der Waals surface area contributed by atoms with Crippen molar-refractivity contribution in [3.63, 3.8) is 0 Å². The molecule has 2 aliphatic rings. The Morgan fingerprint density at radius 1 is 1.24 bits per heavy atom. The van der Waals surface area contributed by atoms with Crippen LogP contribution in [-0.4, -0.2) is 67.0 Å². The maximum absolute atomic E-state index is 13.1. The van der Waals surface area contributed by atoms with E-state index in [-0.39, 0.29) is 30.0 Å². The van der Waals surface area contributed by atoms with Crippen LogP contribution in [0.3, 0.4) is 0 Å². The second-order valence-corrected chi connectivity index (χ2v) is 9.05. The molecule has 0 unspecified atom stereocenters. The van der Waals surface area contributed by atoms with Crippen LogP contribution >= 0.6 is 0 Å². The SMILES string of the molecule is CNC(=O)Nc1cccc(-n2ncc3c(=O)n(CC4(O)CCN(C(=O)C5CC5)CC4)cnc32)c1. The quantitative estimate of drug-likeness (QED) is 0.517. The molecule has 5 rings (SSSR count). The summed E-state index contributed by atoms with van der Waals surface area (Å²) >= 11 is 0. The molecule has 1 saturated carbocycles. The number of likely N-dealkylation sites (tertiary alicyclic amines) is 1. The van der Waals surface area contributed by atoms with Gasteiger partial charge in [-0.3, -0.25) is 14.2 Å². The van der Waals surface area contributed by atoms with Crippen LogP contribution in [0.25, 0.3) is 16.7 Å². The zero-order valence-corrected chi connectivity index (χ0v) is 18.9.